The molecule has 0 aromatic carbocycles. The number of carbonyl (C=O) groups excluding carboxylic acids is 1. The maximum Gasteiger partial charge on any atom is 0.417 e. The van der Waals surface area contributed by atoms with Crippen molar-refractivity contribution in [2.24, 2.45) is 0 Å². The SMILES string of the molecule is O=C(CSCc1cccnc1)N1CCN(c2ccc(C(F)(F)F)cn2)CC1. The third-order valence-corrected chi connectivity index (χ3v) is 5.24. The second kappa shape index (κ2) is 8.60. The molecule has 27 heavy (non-hydrogen) atoms. The Hall–Kier alpha value is -2.29. The molecule has 0 atom stereocenters. The Morgan fingerprint density at radius 2 is 1.89 bits per heavy atom. The van der Waals surface area contributed by atoms with Crippen molar-refractivity contribution < 1.29 is 18.0 Å². The van der Waals surface area contributed by atoms with Crippen molar-refractivity contribution in [3.05, 3.63) is 54.0 Å². The van der Waals surface area contributed by atoms with Crippen LogP contribution in [0.5, 0.6) is 0 Å². The molecule has 9 heteroatoms. The summed E-state index contributed by atoms with van der Waals surface area (Å²) < 4.78 is 37.8. The van der Waals surface area contributed by atoms with Crippen molar-refractivity contribution in [3.63, 3.8) is 0 Å². The van der Waals surface area contributed by atoms with Crippen LogP contribution in [0.15, 0.2) is 42.9 Å². The second-order valence-corrected chi connectivity index (χ2v) is 7.11. The Morgan fingerprint density at radius 1 is 1.11 bits per heavy atom. The molecule has 144 valence electrons. The van der Waals surface area contributed by atoms with Crippen LogP contribution in [-0.2, 0) is 16.7 Å². The fourth-order valence-electron chi connectivity index (χ4n) is 2.76. The van der Waals surface area contributed by atoms with Gasteiger partial charge in [0, 0.05) is 50.5 Å². The highest BCUT2D eigenvalue weighted by Crippen LogP contribution is 2.29. The summed E-state index contributed by atoms with van der Waals surface area (Å²) in [6, 6.07) is 6.26. The zero-order valence-electron chi connectivity index (χ0n) is 14.5. The smallest absolute Gasteiger partial charge is 0.353 e. The minimum absolute atomic E-state index is 0.0731. The molecule has 0 unspecified atom stereocenters. The lowest BCUT2D eigenvalue weighted by Crippen LogP contribution is -2.49. The normalized spacial score (nSPS) is 15.1. The molecule has 1 amide bonds. The molecular formula is C18H19F3N4OS. The first-order valence-corrected chi connectivity index (χ1v) is 9.61. The first-order valence-electron chi connectivity index (χ1n) is 8.46. The van der Waals surface area contributed by atoms with E-state index in [1.165, 1.54) is 6.07 Å². The molecule has 3 rings (SSSR count). The Balaban J connectivity index is 1.45. The lowest BCUT2D eigenvalue weighted by atomic mass is 10.2. The zero-order chi connectivity index (χ0) is 19.3. The molecule has 0 radical (unpaired) electrons. The zero-order valence-corrected chi connectivity index (χ0v) is 15.3. The van der Waals surface area contributed by atoms with Gasteiger partial charge in [0.15, 0.2) is 0 Å². The number of anilines is 1. The molecule has 0 saturated carbocycles. The Morgan fingerprint density at radius 3 is 2.48 bits per heavy atom. The molecule has 2 aromatic heterocycles. The minimum Gasteiger partial charge on any atom is -0.353 e. The van der Waals surface area contributed by atoms with Gasteiger partial charge in [0.25, 0.3) is 0 Å². The second-order valence-electron chi connectivity index (χ2n) is 6.12. The fraction of sp³-hybridized carbons (Fsp3) is 0.389. The Bertz CT molecular complexity index is 747. The van der Waals surface area contributed by atoms with Crippen LogP contribution in [-0.4, -0.2) is 52.7 Å². The van der Waals surface area contributed by atoms with E-state index in [1.54, 1.807) is 29.1 Å². The van der Waals surface area contributed by atoms with Crippen LogP contribution < -0.4 is 4.90 Å². The topological polar surface area (TPSA) is 49.3 Å². The van der Waals surface area contributed by atoms with Gasteiger partial charge in [-0.2, -0.15) is 13.2 Å². The largest absolute Gasteiger partial charge is 0.417 e. The van der Waals surface area contributed by atoms with Crippen molar-refractivity contribution >= 4 is 23.5 Å². The lowest BCUT2D eigenvalue weighted by molar-refractivity contribution is -0.137. The highest BCUT2D eigenvalue weighted by atomic mass is 32.2. The monoisotopic (exact) mass is 396 g/mol. The molecule has 2 aromatic rings. The molecule has 0 N–H and O–H groups in total. The molecule has 1 aliphatic rings. The van der Waals surface area contributed by atoms with Gasteiger partial charge in [-0.25, -0.2) is 4.98 Å². The van der Waals surface area contributed by atoms with E-state index in [4.69, 9.17) is 0 Å². The summed E-state index contributed by atoms with van der Waals surface area (Å²) in [7, 11) is 0. The van der Waals surface area contributed by atoms with Crippen LogP contribution in [0.3, 0.4) is 0 Å². The average Bonchev–Trinajstić information content (AvgIpc) is 2.68. The predicted octanol–water partition coefficient (Wildman–Crippen LogP) is 3.08. The van der Waals surface area contributed by atoms with Gasteiger partial charge in [-0.15, -0.1) is 11.8 Å². The van der Waals surface area contributed by atoms with Gasteiger partial charge < -0.3 is 9.80 Å². The van der Waals surface area contributed by atoms with Gasteiger partial charge >= 0.3 is 6.18 Å². The van der Waals surface area contributed by atoms with Crippen LogP contribution in [0.25, 0.3) is 0 Å². The third-order valence-electron chi connectivity index (χ3n) is 4.25. The molecule has 1 saturated heterocycles. The molecule has 0 bridgehead atoms. The molecule has 5 nitrogen and oxygen atoms in total. The highest BCUT2D eigenvalue weighted by Gasteiger charge is 2.31. The summed E-state index contributed by atoms with van der Waals surface area (Å²) in [5.74, 6) is 1.70. The summed E-state index contributed by atoms with van der Waals surface area (Å²) >= 11 is 1.55. The molecule has 1 aliphatic heterocycles. The number of rotatable bonds is 5. The van der Waals surface area contributed by atoms with Crippen LogP contribution in [0, 0.1) is 0 Å². The molecule has 0 aliphatic carbocycles. The number of hydrogen-bond donors (Lipinski definition) is 0. The van der Waals surface area contributed by atoms with E-state index < -0.39 is 11.7 Å². The highest BCUT2D eigenvalue weighted by molar-refractivity contribution is 7.99. The predicted molar refractivity (Wildman–Crippen MR) is 98.4 cm³/mol. The van der Waals surface area contributed by atoms with Crippen LogP contribution >= 0.6 is 11.8 Å². The Kier molecular flexibility index (Phi) is 6.20. The summed E-state index contributed by atoms with van der Waals surface area (Å²) in [5.41, 5.74) is 0.319. The van der Waals surface area contributed by atoms with Crippen molar-refractivity contribution in [2.45, 2.75) is 11.9 Å². The maximum atomic E-state index is 12.6. The fourth-order valence-corrected chi connectivity index (χ4v) is 3.62. The maximum absolute atomic E-state index is 12.6. The number of pyridine rings is 2. The summed E-state index contributed by atoms with van der Waals surface area (Å²) in [5, 5.41) is 0. The number of hydrogen-bond acceptors (Lipinski definition) is 5. The van der Waals surface area contributed by atoms with Crippen molar-refractivity contribution in [1.82, 2.24) is 14.9 Å². The van der Waals surface area contributed by atoms with Crippen LogP contribution in [0.1, 0.15) is 11.1 Å². The number of nitrogens with zero attached hydrogens (tertiary/aromatic N) is 4. The molecule has 1 fully saturated rings. The average molecular weight is 396 g/mol. The molecule has 3 heterocycles. The van der Waals surface area contributed by atoms with Gasteiger partial charge in [0.1, 0.15) is 5.82 Å². The van der Waals surface area contributed by atoms with E-state index in [-0.39, 0.29) is 5.91 Å². The first-order chi connectivity index (χ1) is 12.9. The van der Waals surface area contributed by atoms with E-state index in [0.29, 0.717) is 37.7 Å². The number of alkyl halides is 3. The summed E-state index contributed by atoms with van der Waals surface area (Å²) in [6.07, 6.45) is -0.0380. The summed E-state index contributed by atoms with van der Waals surface area (Å²) in [6.45, 7) is 2.18. The van der Waals surface area contributed by atoms with Crippen molar-refractivity contribution in [1.29, 1.82) is 0 Å². The number of thioether (sulfide) groups is 1. The lowest BCUT2D eigenvalue weighted by Gasteiger charge is -2.35. The Labute approximate surface area is 159 Å². The van der Waals surface area contributed by atoms with E-state index in [2.05, 4.69) is 9.97 Å². The van der Waals surface area contributed by atoms with Gasteiger partial charge in [-0.1, -0.05) is 6.07 Å². The number of aromatic nitrogens is 2. The van der Waals surface area contributed by atoms with Crippen molar-refractivity contribution in [3.8, 4) is 0 Å². The number of carbonyl (C=O) groups is 1. The first kappa shape index (κ1) is 19.5. The van der Waals surface area contributed by atoms with Crippen LogP contribution in [0.2, 0.25) is 0 Å². The summed E-state index contributed by atoms with van der Waals surface area (Å²) in [4.78, 5) is 24.0. The van der Waals surface area contributed by atoms with Gasteiger partial charge in [0.2, 0.25) is 5.91 Å². The standard InChI is InChI=1S/C18H19F3N4OS/c19-18(20,21)15-3-4-16(23-11-15)24-6-8-25(9-7-24)17(26)13-27-12-14-2-1-5-22-10-14/h1-5,10-11H,6-9,12-13H2. The minimum atomic E-state index is -4.38. The third kappa shape index (κ3) is 5.35. The van der Waals surface area contributed by atoms with E-state index >= 15 is 0 Å². The quantitative estimate of drug-likeness (QED) is 0.778. The molecule has 0 spiro atoms. The van der Waals surface area contributed by atoms with Crippen LogP contribution in [0.4, 0.5) is 19.0 Å². The van der Waals surface area contributed by atoms with Gasteiger partial charge in [-0.05, 0) is 23.8 Å². The number of piperazine rings is 1. The van der Waals surface area contributed by atoms with Crippen molar-refractivity contribution in [2.75, 3.05) is 36.8 Å². The number of amides is 1. The van der Waals surface area contributed by atoms with Gasteiger partial charge in [0.05, 0.1) is 11.3 Å². The van der Waals surface area contributed by atoms with E-state index in [1.807, 2.05) is 17.0 Å². The van der Waals surface area contributed by atoms with Gasteiger partial charge in [-0.3, -0.25) is 9.78 Å². The molecular weight excluding hydrogens is 377 g/mol. The number of halogens is 3. The van der Waals surface area contributed by atoms with E-state index in [9.17, 15) is 18.0 Å². The van der Waals surface area contributed by atoms with E-state index in [0.717, 1.165) is 23.6 Å².